The molecule has 2 amide bonds. The van der Waals surface area contributed by atoms with Gasteiger partial charge in [0, 0.05) is 36.6 Å². The predicted molar refractivity (Wildman–Crippen MR) is 136 cm³/mol. The van der Waals surface area contributed by atoms with Crippen molar-refractivity contribution < 1.29 is 27.9 Å². The lowest BCUT2D eigenvalue weighted by Crippen LogP contribution is -2.39. The van der Waals surface area contributed by atoms with Crippen LogP contribution in [0, 0.1) is 0 Å². The highest BCUT2D eigenvalue weighted by molar-refractivity contribution is 6.23. The van der Waals surface area contributed by atoms with Crippen LogP contribution in [0.1, 0.15) is 24.0 Å². The van der Waals surface area contributed by atoms with Crippen LogP contribution >= 0.6 is 0 Å². The molecule has 194 valence electrons. The van der Waals surface area contributed by atoms with Crippen LogP contribution in [-0.4, -0.2) is 33.2 Å². The van der Waals surface area contributed by atoms with Crippen LogP contribution < -0.4 is 9.80 Å². The molecule has 1 atom stereocenters. The molecule has 5 rings (SSSR count). The summed E-state index contributed by atoms with van der Waals surface area (Å²) in [5.41, 5.74) is 0.768. The highest BCUT2D eigenvalue weighted by Crippen LogP contribution is 2.45. The van der Waals surface area contributed by atoms with Gasteiger partial charge in [-0.25, -0.2) is 0 Å². The molecule has 0 bridgehead atoms. The maximum atomic E-state index is 14.2. The molecule has 1 N–H and O–H groups in total. The number of para-hydroxylation sites is 1. The Labute approximate surface area is 216 Å². The van der Waals surface area contributed by atoms with Gasteiger partial charge < -0.3 is 10.0 Å². The molecule has 1 aromatic heterocycles. The average molecular weight is 521 g/mol. The number of carbonyl (C=O) groups excluding carboxylic acids is 2. The van der Waals surface area contributed by atoms with E-state index in [0.717, 1.165) is 12.1 Å². The van der Waals surface area contributed by atoms with E-state index in [2.05, 4.69) is 5.10 Å². The van der Waals surface area contributed by atoms with Gasteiger partial charge in [0.1, 0.15) is 11.7 Å². The fourth-order valence-corrected chi connectivity index (χ4v) is 4.71. The summed E-state index contributed by atoms with van der Waals surface area (Å²) in [5, 5.41) is 14.6. The summed E-state index contributed by atoms with van der Waals surface area (Å²) >= 11 is 0. The van der Waals surface area contributed by atoms with Crippen LogP contribution in [0.15, 0.2) is 79.1 Å². The Bertz CT molecular complexity index is 1530. The van der Waals surface area contributed by atoms with E-state index < -0.39 is 29.5 Å². The van der Waals surface area contributed by atoms with Crippen LogP contribution in [0.3, 0.4) is 0 Å². The van der Waals surface area contributed by atoms with Gasteiger partial charge in [-0.15, -0.1) is 0 Å². The zero-order valence-corrected chi connectivity index (χ0v) is 20.5. The minimum absolute atomic E-state index is 0.0417. The number of hydrogen-bond acceptors (Lipinski definition) is 4. The van der Waals surface area contributed by atoms with Crippen molar-refractivity contribution in [2.45, 2.75) is 19.0 Å². The maximum Gasteiger partial charge on any atom is 0.416 e. The summed E-state index contributed by atoms with van der Waals surface area (Å²) in [6.07, 6.45) is -1.43. The standard InChI is InChI=1S/C28H23F3N4O3/c1-3-34-22-11-10-19(28(29,30)31)14-23(22)35(20-7-5-4-6-8-20)27(38)25(26(34)37)17-9-12-24(36)21(13-17)18-15-32-33(2)16-18/h4-16,25,36H,3H2,1-2H3. The number of alkyl halides is 3. The van der Waals surface area contributed by atoms with Crippen molar-refractivity contribution in [1.29, 1.82) is 0 Å². The van der Waals surface area contributed by atoms with Crippen LogP contribution in [0.25, 0.3) is 11.1 Å². The fraction of sp³-hybridized carbons (Fsp3) is 0.179. The van der Waals surface area contributed by atoms with E-state index in [4.69, 9.17) is 0 Å². The lowest BCUT2D eigenvalue weighted by atomic mass is 9.92. The number of nitrogens with zero attached hydrogens (tertiary/aromatic N) is 4. The molecule has 1 unspecified atom stereocenters. The number of rotatable bonds is 4. The summed E-state index contributed by atoms with van der Waals surface area (Å²) in [7, 11) is 1.71. The lowest BCUT2D eigenvalue weighted by Gasteiger charge is -2.26. The molecule has 38 heavy (non-hydrogen) atoms. The van der Waals surface area contributed by atoms with Gasteiger partial charge in [-0.2, -0.15) is 18.3 Å². The lowest BCUT2D eigenvalue weighted by molar-refractivity contribution is -0.137. The van der Waals surface area contributed by atoms with Crippen LogP contribution in [-0.2, 0) is 22.8 Å². The number of aromatic hydroxyl groups is 1. The molecule has 0 saturated heterocycles. The Kier molecular flexibility index (Phi) is 6.18. The van der Waals surface area contributed by atoms with Gasteiger partial charge in [0.25, 0.3) is 0 Å². The topological polar surface area (TPSA) is 78.7 Å². The van der Waals surface area contributed by atoms with Gasteiger partial charge in [-0.3, -0.25) is 19.2 Å². The van der Waals surface area contributed by atoms with Crippen molar-refractivity contribution in [2.24, 2.45) is 7.05 Å². The van der Waals surface area contributed by atoms with E-state index in [-0.39, 0.29) is 23.7 Å². The van der Waals surface area contributed by atoms with Crippen molar-refractivity contribution in [3.8, 4) is 16.9 Å². The van der Waals surface area contributed by atoms with Crippen molar-refractivity contribution in [3.63, 3.8) is 0 Å². The molecule has 0 spiro atoms. The first-order chi connectivity index (χ1) is 18.1. The molecule has 0 saturated carbocycles. The molecule has 3 aromatic carbocycles. The average Bonchev–Trinajstić information content (AvgIpc) is 3.29. The molecular formula is C28H23F3N4O3. The summed E-state index contributed by atoms with van der Waals surface area (Å²) < 4.78 is 42.7. The number of benzene rings is 3. The smallest absolute Gasteiger partial charge is 0.416 e. The number of fused-ring (bicyclic) bond motifs is 1. The highest BCUT2D eigenvalue weighted by Gasteiger charge is 2.43. The Morgan fingerprint density at radius 2 is 1.68 bits per heavy atom. The Balaban J connectivity index is 1.74. The van der Waals surface area contributed by atoms with Crippen molar-refractivity contribution >= 4 is 28.9 Å². The van der Waals surface area contributed by atoms with Crippen molar-refractivity contribution in [1.82, 2.24) is 9.78 Å². The second kappa shape index (κ2) is 9.37. The van der Waals surface area contributed by atoms with E-state index in [9.17, 15) is 27.9 Å². The van der Waals surface area contributed by atoms with E-state index in [1.165, 1.54) is 28.0 Å². The second-order valence-corrected chi connectivity index (χ2v) is 8.91. The molecule has 2 heterocycles. The SMILES string of the molecule is CCN1C(=O)C(c2ccc(O)c(-c3cnn(C)c3)c2)C(=O)N(c2ccccc2)c2cc(C(F)(F)F)ccc21. The molecule has 1 aliphatic heterocycles. The third-order valence-corrected chi connectivity index (χ3v) is 6.52. The largest absolute Gasteiger partial charge is 0.507 e. The first kappa shape index (κ1) is 25.1. The number of amides is 2. The zero-order chi connectivity index (χ0) is 27.2. The van der Waals surface area contributed by atoms with Gasteiger partial charge in [0.05, 0.1) is 23.1 Å². The first-order valence-corrected chi connectivity index (χ1v) is 11.8. The number of aryl methyl sites for hydroxylation is 1. The molecular weight excluding hydrogens is 497 g/mol. The van der Waals surface area contributed by atoms with Gasteiger partial charge >= 0.3 is 6.18 Å². The van der Waals surface area contributed by atoms with E-state index in [1.807, 2.05) is 0 Å². The number of hydrogen-bond donors (Lipinski definition) is 1. The highest BCUT2D eigenvalue weighted by atomic mass is 19.4. The molecule has 0 aliphatic carbocycles. The Hall–Kier alpha value is -4.60. The summed E-state index contributed by atoms with van der Waals surface area (Å²) in [5.74, 6) is -2.74. The number of aromatic nitrogens is 2. The molecule has 1 aliphatic rings. The number of likely N-dealkylation sites (N-methyl/N-ethyl adjacent to an activating group) is 1. The number of anilines is 3. The molecule has 7 nitrogen and oxygen atoms in total. The zero-order valence-electron chi connectivity index (χ0n) is 20.5. The molecule has 4 aromatic rings. The van der Waals surface area contributed by atoms with Crippen LogP contribution in [0.4, 0.5) is 30.2 Å². The summed E-state index contributed by atoms with van der Waals surface area (Å²) in [4.78, 5) is 30.6. The van der Waals surface area contributed by atoms with E-state index >= 15 is 0 Å². The van der Waals surface area contributed by atoms with Gasteiger partial charge in [0.2, 0.25) is 11.8 Å². The Morgan fingerprint density at radius 3 is 2.32 bits per heavy atom. The minimum atomic E-state index is -4.65. The first-order valence-electron chi connectivity index (χ1n) is 11.8. The second-order valence-electron chi connectivity index (χ2n) is 8.91. The van der Waals surface area contributed by atoms with Crippen molar-refractivity contribution in [3.05, 3.63) is 90.3 Å². The van der Waals surface area contributed by atoms with Gasteiger partial charge in [-0.05, 0) is 55.0 Å². The third-order valence-electron chi connectivity index (χ3n) is 6.52. The molecule has 10 heteroatoms. The maximum absolute atomic E-state index is 14.2. The number of phenolic OH excluding ortho intramolecular Hbond substituents is 1. The van der Waals surface area contributed by atoms with E-state index in [0.29, 0.717) is 22.4 Å². The fourth-order valence-electron chi connectivity index (χ4n) is 4.71. The third kappa shape index (κ3) is 4.27. The molecule has 0 fully saturated rings. The number of halogens is 3. The summed E-state index contributed by atoms with van der Waals surface area (Å²) in [6.45, 7) is 1.81. The number of phenols is 1. The van der Waals surface area contributed by atoms with Gasteiger partial charge in [-0.1, -0.05) is 24.3 Å². The van der Waals surface area contributed by atoms with Crippen LogP contribution in [0.5, 0.6) is 5.75 Å². The predicted octanol–water partition coefficient (Wildman–Crippen LogP) is 5.63. The van der Waals surface area contributed by atoms with Crippen LogP contribution in [0.2, 0.25) is 0 Å². The normalized spacial score (nSPS) is 16.0. The monoisotopic (exact) mass is 520 g/mol. The van der Waals surface area contributed by atoms with Crippen molar-refractivity contribution in [2.75, 3.05) is 16.3 Å². The quantitative estimate of drug-likeness (QED) is 0.354. The van der Waals surface area contributed by atoms with Gasteiger partial charge in [0.15, 0.2) is 0 Å². The van der Waals surface area contributed by atoms with E-state index in [1.54, 1.807) is 67.4 Å². The summed E-state index contributed by atoms with van der Waals surface area (Å²) in [6, 6.07) is 15.7. The molecule has 0 radical (unpaired) electrons. The Morgan fingerprint density at radius 1 is 0.947 bits per heavy atom. The number of carbonyl (C=O) groups is 2. The minimum Gasteiger partial charge on any atom is -0.507 e.